The first-order chi connectivity index (χ1) is 8.66. The van der Waals surface area contributed by atoms with Crippen molar-refractivity contribution in [3.05, 3.63) is 0 Å². The standard InChI is InChI=1S/C15H28N2O2/c1-7-17(15(4,5)6)14(19)13(18)16-9-11(2)8-12(3)10-16/h11-12H,7-10H2,1-6H3. The van der Waals surface area contributed by atoms with E-state index in [-0.39, 0.29) is 17.4 Å². The second-order valence-electron chi connectivity index (χ2n) is 6.88. The van der Waals surface area contributed by atoms with Gasteiger partial charge in [0.2, 0.25) is 0 Å². The van der Waals surface area contributed by atoms with Crippen LogP contribution in [0.2, 0.25) is 0 Å². The minimum atomic E-state index is -0.365. The Bertz CT molecular complexity index is 337. The molecule has 0 bridgehead atoms. The van der Waals surface area contributed by atoms with E-state index in [0.717, 1.165) is 6.42 Å². The third-order valence-corrected chi connectivity index (χ3v) is 3.71. The molecular weight excluding hydrogens is 240 g/mol. The summed E-state index contributed by atoms with van der Waals surface area (Å²) < 4.78 is 0. The van der Waals surface area contributed by atoms with Crippen LogP contribution in [0.3, 0.4) is 0 Å². The van der Waals surface area contributed by atoms with Gasteiger partial charge in [-0.15, -0.1) is 0 Å². The van der Waals surface area contributed by atoms with Gasteiger partial charge in [-0.05, 0) is 46.0 Å². The molecule has 4 nitrogen and oxygen atoms in total. The van der Waals surface area contributed by atoms with Crippen molar-refractivity contribution in [1.29, 1.82) is 0 Å². The number of nitrogens with zero attached hydrogens (tertiary/aromatic N) is 2. The SMILES string of the molecule is CCN(C(=O)C(=O)N1CC(C)CC(C)C1)C(C)(C)C. The molecule has 0 aromatic carbocycles. The van der Waals surface area contributed by atoms with Crippen molar-refractivity contribution in [1.82, 2.24) is 9.80 Å². The first-order valence-electron chi connectivity index (χ1n) is 7.27. The van der Waals surface area contributed by atoms with E-state index in [0.29, 0.717) is 31.5 Å². The molecule has 2 amide bonds. The summed E-state index contributed by atoms with van der Waals surface area (Å²) in [7, 11) is 0. The van der Waals surface area contributed by atoms with Crippen LogP contribution in [-0.2, 0) is 9.59 Å². The van der Waals surface area contributed by atoms with E-state index >= 15 is 0 Å². The maximum atomic E-state index is 12.4. The highest BCUT2D eigenvalue weighted by Gasteiger charge is 2.35. The number of carbonyl (C=O) groups is 2. The highest BCUT2D eigenvalue weighted by molar-refractivity contribution is 6.35. The zero-order valence-electron chi connectivity index (χ0n) is 13.2. The molecule has 19 heavy (non-hydrogen) atoms. The van der Waals surface area contributed by atoms with Gasteiger partial charge in [-0.2, -0.15) is 0 Å². The highest BCUT2D eigenvalue weighted by atomic mass is 16.2. The molecule has 1 aliphatic rings. The number of likely N-dealkylation sites (tertiary alicyclic amines) is 1. The average molecular weight is 268 g/mol. The molecule has 1 saturated heterocycles. The lowest BCUT2D eigenvalue weighted by molar-refractivity contribution is -0.156. The minimum absolute atomic E-state index is 0.311. The molecule has 1 heterocycles. The van der Waals surface area contributed by atoms with Crippen molar-refractivity contribution in [2.45, 2.75) is 53.5 Å². The lowest BCUT2D eigenvalue weighted by atomic mass is 9.92. The van der Waals surface area contributed by atoms with Gasteiger partial charge in [-0.3, -0.25) is 9.59 Å². The summed E-state index contributed by atoms with van der Waals surface area (Å²) in [5.41, 5.74) is -0.311. The van der Waals surface area contributed by atoms with Crippen LogP contribution in [0.25, 0.3) is 0 Å². The van der Waals surface area contributed by atoms with Crippen LogP contribution in [0.4, 0.5) is 0 Å². The van der Waals surface area contributed by atoms with Gasteiger partial charge in [-0.1, -0.05) is 13.8 Å². The normalized spacial score (nSPS) is 24.2. The summed E-state index contributed by atoms with van der Waals surface area (Å²) in [4.78, 5) is 28.1. The number of rotatable bonds is 1. The smallest absolute Gasteiger partial charge is 0.312 e. The van der Waals surface area contributed by atoms with E-state index in [1.807, 2.05) is 27.7 Å². The van der Waals surface area contributed by atoms with E-state index in [4.69, 9.17) is 0 Å². The first kappa shape index (κ1) is 16.0. The van der Waals surface area contributed by atoms with Gasteiger partial charge in [0.1, 0.15) is 0 Å². The average Bonchev–Trinajstić information content (AvgIpc) is 2.25. The van der Waals surface area contributed by atoms with Gasteiger partial charge < -0.3 is 9.80 Å². The molecule has 0 aromatic heterocycles. The van der Waals surface area contributed by atoms with Crippen LogP contribution in [-0.4, -0.2) is 46.8 Å². The number of amides is 2. The molecule has 4 heteroatoms. The molecule has 1 rings (SSSR count). The Kier molecular flexibility index (Phi) is 4.99. The summed E-state index contributed by atoms with van der Waals surface area (Å²) in [5.74, 6) is 0.252. The molecule has 2 atom stereocenters. The molecule has 110 valence electrons. The third-order valence-electron chi connectivity index (χ3n) is 3.71. The number of likely N-dealkylation sites (N-methyl/N-ethyl adjacent to an activating group) is 1. The van der Waals surface area contributed by atoms with Crippen LogP contribution in [0.5, 0.6) is 0 Å². The van der Waals surface area contributed by atoms with Crippen LogP contribution < -0.4 is 0 Å². The number of hydrogen-bond acceptors (Lipinski definition) is 2. The topological polar surface area (TPSA) is 40.6 Å². The maximum Gasteiger partial charge on any atom is 0.312 e. The summed E-state index contributed by atoms with van der Waals surface area (Å²) in [6, 6.07) is 0. The molecule has 1 fully saturated rings. The molecule has 1 aliphatic heterocycles. The summed E-state index contributed by atoms with van der Waals surface area (Å²) >= 11 is 0. The van der Waals surface area contributed by atoms with Crippen LogP contribution >= 0.6 is 0 Å². The van der Waals surface area contributed by atoms with E-state index in [1.54, 1.807) is 9.80 Å². The Morgan fingerprint density at radius 3 is 2.00 bits per heavy atom. The zero-order valence-corrected chi connectivity index (χ0v) is 13.2. The van der Waals surface area contributed by atoms with Crippen molar-refractivity contribution in [2.75, 3.05) is 19.6 Å². The Labute approximate surface area is 117 Å². The molecule has 2 unspecified atom stereocenters. The van der Waals surface area contributed by atoms with Crippen molar-refractivity contribution >= 4 is 11.8 Å². The highest BCUT2D eigenvalue weighted by Crippen LogP contribution is 2.22. The minimum Gasteiger partial charge on any atom is -0.334 e. The van der Waals surface area contributed by atoms with E-state index in [9.17, 15) is 9.59 Å². The molecule has 0 spiro atoms. The van der Waals surface area contributed by atoms with Gasteiger partial charge >= 0.3 is 11.8 Å². The largest absolute Gasteiger partial charge is 0.334 e. The summed E-state index contributed by atoms with van der Waals surface area (Å²) in [5, 5.41) is 0. The predicted octanol–water partition coefficient (Wildman–Crippen LogP) is 2.14. The number of piperidine rings is 1. The van der Waals surface area contributed by atoms with Crippen LogP contribution in [0.15, 0.2) is 0 Å². The van der Waals surface area contributed by atoms with Crippen LogP contribution in [0.1, 0.15) is 48.0 Å². The monoisotopic (exact) mass is 268 g/mol. The van der Waals surface area contributed by atoms with Gasteiger partial charge in [0.25, 0.3) is 0 Å². The third kappa shape index (κ3) is 3.95. The fourth-order valence-electron chi connectivity index (χ4n) is 3.00. The number of carbonyl (C=O) groups excluding carboxylic acids is 2. The van der Waals surface area contributed by atoms with Gasteiger partial charge in [0.05, 0.1) is 0 Å². The Hall–Kier alpha value is -1.06. The fourth-order valence-corrected chi connectivity index (χ4v) is 3.00. The Morgan fingerprint density at radius 1 is 1.16 bits per heavy atom. The molecule has 0 saturated carbocycles. The molecule has 0 aromatic rings. The van der Waals surface area contributed by atoms with Crippen molar-refractivity contribution in [3.63, 3.8) is 0 Å². The fraction of sp³-hybridized carbons (Fsp3) is 0.867. The predicted molar refractivity (Wildman–Crippen MR) is 76.7 cm³/mol. The maximum absolute atomic E-state index is 12.4. The summed E-state index contributed by atoms with van der Waals surface area (Å²) in [6.07, 6.45) is 1.13. The summed E-state index contributed by atoms with van der Waals surface area (Å²) in [6.45, 7) is 14.1. The lowest BCUT2D eigenvalue weighted by Crippen LogP contribution is -2.54. The van der Waals surface area contributed by atoms with E-state index in [2.05, 4.69) is 13.8 Å². The second kappa shape index (κ2) is 5.93. The Morgan fingerprint density at radius 2 is 1.63 bits per heavy atom. The van der Waals surface area contributed by atoms with Crippen molar-refractivity contribution in [3.8, 4) is 0 Å². The number of hydrogen-bond donors (Lipinski definition) is 0. The molecule has 0 aliphatic carbocycles. The Balaban J connectivity index is 2.79. The van der Waals surface area contributed by atoms with Gasteiger partial charge in [0, 0.05) is 25.2 Å². The lowest BCUT2D eigenvalue weighted by Gasteiger charge is -2.38. The second-order valence-corrected chi connectivity index (χ2v) is 6.88. The zero-order chi connectivity index (χ0) is 14.8. The molecule has 0 radical (unpaired) electrons. The van der Waals surface area contributed by atoms with E-state index < -0.39 is 0 Å². The first-order valence-corrected chi connectivity index (χ1v) is 7.27. The van der Waals surface area contributed by atoms with Gasteiger partial charge in [-0.25, -0.2) is 0 Å². The van der Waals surface area contributed by atoms with Gasteiger partial charge in [0.15, 0.2) is 0 Å². The van der Waals surface area contributed by atoms with Crippen LogP contribution in [0, 0.1) is 11.8 Å². The van der Waals surface area contributed by atoms with E-state index in [1.165, 1.54) is 0 Å². The van der Waals surface area contributed by atoms with Crippen molar-refractivity contribution in [2.24, 2.45) is 11.8 Å². The molecular formula is C15H28N2O2. The quantitative estimate of drug-likeness (QED) is 0.684. The molecule has 0 N–H and O–H groups in total. The van der Waals surface area contributed by atoms with Crippen molar-refractivity contribution < 1.29 is 9.59 Å².